The lowest BCUT2D eigenvalue weighted by molar-refractivity contribution is -0.120. The summed E-state index contributed by atoms with van der Waals surface area (Å²) >= 11 is 1.71. The van der Waals surface area contributed by atoms with E-state index in [0.29, 0.717) is 12.5 Å². The summed E-state index contributed by atoms with van der Waals surface area (Å²) in [7, 11) is 0. The molecule has 0 radical (unpaired) electrons. The van der Waals surface area contributed by atoms with Gasteiger partial charge in [-0.15, -0.1) is 11.8 Å². The smallest absolute Gasteiger partial charge is 0.224 e. The van der Waals surface area contributed by atoms with Crippen molar-refractivity contribution >= 4 is 34.9 Å². The summed E-state index contributed by atoms with van der Waals surface area (Å²) in [6.45, 7) is 6.97. The minimum Gasteiger partial charge on any atom is -0.356 e. The van der Waals surface area contributed by atoms with Crippen molar-refractivity contribution in [2.45, 2.75) is 38.5 Å². The second kappa shape index (κ2) is 9.45. The second-order valence-corrected chi connectivity index (χ2v) is 8.71. The number of halogens is 1. The molecule has 2 aromatic rings. The minimum absolute atomic E-state index is 0.0132. The molecule has 1 aliphatic rings. The summed E-state index contributed by atoms with van der Waals surface area (Å²) in [6, 6.07) is 13.2. The van der Waals surface area contributed by atoms with Gasteiger partial charge in [0.25, 0.3) is 0 Å². The molecule has 1 aliphatic carbocycles. The van der Waals surface area contributed by atoms with Crippen LogP contribution in [0.3, 0.4) is 0 Å². The van der Waals surface area contributed by atoms with Gasteiger partial charge in [-0.3, -0.25) is 4.79 Å². The number of carbonyl (C=O) groups excluding carboxylic acids is 1. The Kier molecular flexibility index (Phi) is 6.96. The van der Waals surface area contributed by atoms with Gasteiger partial charge in [0.05, 0.1) is 6.42 Å². The van der Waals surface area contributed by atoms with Crippen LogP contribution in [-0.4, -0.2) is 18.7 Å². The van der Waals surface area contributed by atoms with E-state index < -0.39 is 0 Å². The second-order valence-electron chi connectivity index (χ2n) is 7.83. The zero-order chi connectivity index (χ0) is 21.0. The Morgan fingerprint density at radius 3 is 2.52 bits per heavy atom. The molecule has 2 nitrogen and oxygen atoms in total. The number of amides is 1. The maximum atomic E-state index is 14.0. The van der Waals surface area contributed by atoms with E-state index in [2.05, 4.69) is 55.8 Å². The van der Waals surface area contributed by atoms with Crippen LogP contribution in [0, 0.1) is 11.7 Å². The van der Waals surface area contributed by atoms with Gasteiger partial charge in [0, 0.05) is 11.4 Å². The molecule has 4 heteroatoms. The number of rotatable bonds is 7. The van der Waals surface area contributed by atoms with Gasteiger partial charge in [0.1, 0.15) is 5.82 Å². The Morgan fingerprint density at radius 1 is 1.14 bits per heavy atom. The largest absolute Gasteiger partial charge is 0.356 e. The van der Waals surface area contributed by atoms with Crippen LogP contribution in [0.2, 0.25) is 0 Å². The minimum atomic E-state index is -0.278. The molecule has 1 amide bonds. The average molecular weight is 410 g/mol. The van der Waals surface area contributed by atoms with Gasteiger partial charge in [-0.2, -0.15) is 0 Å². The highest BCUT2D eigenvalue weighted by molar-refractivity contribution is 7.98. The lowest BCUT2D eigenvalue weighted by Gasteiger charge is -2.09. The molecule has 0 bridgehead atoms. The summed E-state index contributed by atoms with van der Waals surface area (Å²) < 4.78 is 14.0. The number of nitrogens with one attached hydrogen (secondary N) is 1. The first kappa shape index (κ1) is 21.4. The fraction of sp³-hybridized carbons (Fsp3) is 0.320. The molecule has 0 aromatic heterocycles. The van der Waals surface area contributed by atoms with Gasteiger partial charge in [-0.05, 0) is 89.3 Å². The lowest BCUT2D eigenvalue weighted by Crippen LogP contribution is -2.25. The number of allylic oxidation sites excluding steroid dienone is 2. The van der Waals surface area contributed by atoms with E-state index in [-0.39, 0.29) is 18.1 Å². The molecule has 0 saturated heterocycles. The summed E-state index contributed by atoms with van der Waals surface area (Å²) in [4.78, 5) is 13.7. The molecule has 2 aromatic carbocycles. The Bertz CT molecular complexity index is 957. The van der Waals surface area contributed by atoms with Crippen molar-refractivity contribution < 1.29 is 9.18 Å². The number of hydrogen-bond donors (Lipinski definition) is 1. The zero-order valence-electron chi connectivity index (χ0n) is 17.5. The number of hydrogen-bond acceptors (Lipinski definition) is 2. The maximum absolute atomic E-state index is 14.0. The van der Waals surface area contributed by atoms with E-state index >= 15 is 0 Å². The number of fused-ring (bicyclic) bond motifs is 1. The van der Waals surface area contributed by atoms with Crippen LogP contribution < -0.4 is 5.32 Å². The Morgan fingerprint density at radius 2 is 1.86 bits per heavy atom. The predicted octanol–water partition coefficient (Wildman–Crippen LogP) is 6.43. The third kappa shape index (κ3) is 5.18. The molecule has 29 heavy (non-hydrogen) atoms. The summed E-state index contributed by atoms with van der Waals surface area (Å²) in [6.07, 6.45) is 5.40. The lowest BCUT2D eigenvalue weighted by atomic mass is 10.0. The fourth-order valence-corrected chi connectivity index (χ4v) is 3.98. The van der Waals surface area contributed by atoms with E-state index in [9.17, 15) is 9.18 Å². The zero-order valence-corrected chi connectivity index (χ0v) is 18.3. The van der Waals surface area contributed by atoms with Crippen LogP contribution in [0.4, 0.5) is 4.39 Å². The van der Waals surface area contributed by atoms with Crippen LogP contribution in [0.5, 0.6) is 0 Å². The number of carbonyl (C=O) groups is 1. The highest BCUT2D eigenvalue weighted by Crippen LogP contribution is 2.43. The summed E-state index contributed by atoms with van der Waals surface area (Å²) in [5.41, 5.74) is 5.92. The van der Waals surface area contributed by atoms with Crippen molar-refractivity contribution in [3.05, 3.63) is 70.5 Å². The first-order chi connectivity index (χ1) is 13.9. The Balaban J connectivity index is 1.91. The predicted molar refractivity (Wildman–Crippen MR) is 122 cm³/mol. The molecule has 1 N–H and O–H groups in total. The quantitative estimate of drug-likeness (QED) is 0.534. The molecule has 152 valence electrons. The van der Waals surface area contributed by atoms with Crippen molar-refractivity contribution in [1.82, 2.24) is 5.32 Å². The molecular formula is C25H28FNOS. The van der Waals surface area contributed by atoms with Gasteiger partial charge in [-0.25, -0.2) is 4.39 Å². The van der Waals surface area contributed by atoms with Gasteiger partial charge in [0.15, 0.2) is 0 Å². The van der Waals surface area contributed by atoms with E-state index in [4.69, 9.17) is 0 Å². The van der Waals surface area contributed by atoms with Crippen LogP contribution in [0.25, 0.3) is 17.2 Å². The standard InChI is InChI=1S/C25H28FNOS/c1-16(2)11-12-27-25(28)15-23-17(3)22(21-10-7-19(26)14-24(21)23)13-18-5-8-20(29-4)9-6-18/h5-10,13-14,16H,11-12,15H2,1-4H3,(H,27,28)/b22-13-. The van der Waals surface area contributed by atoms with E-state index in [0.717, 1.165) is 39.8 Å². The molecule has 0 saturated carbocycles. The first-order valence-corrected chi connectivity index (χ1v) is 11.2. The van der Waals surface area contributed by atoms with E-state index in [1.165, 1.54) is 11.0 Å². The van der Waals surface area contributed by atoms with Gasteiger partial charge < -0.3 is 5.32 Å². The molecular weight excluding hydrogens is 381 g/mol. The fourth-order valence-electron chi connectivity index (χ4n) is 3.57. The first-order valence-electron chi connectivity index (χ1n) is 10.0. The topological polar surface area (TPSA) is 29.1 Å². The van der Waals surface area contributed by atoms with Crippen molar-refractivity contribution in [3.8, 4) is 0 Å². The Labute approximate surface area is 177 Å². The summed E-state index contributed by atoms with van der Waals surface area (Å²) in [5, 5.41) is 3.00. The maximum Gasteiger partial charge on any atom is 0.224 e. The van der Waals surface area contributed by atoms with E-state index in [1.54, 1.807) is 17.8 Å². The van der Waals surface area contributed by atoms with Gasteiger partial charge >= 0.3 is 0 Å². The highest BCUT2D eigenvalue weighted by atomic mass is 32.2. The monoisotopic (exact) mass is 409 g/mol. The van der Waals surface area contributed by atoms with Crippen molar-refractivity contribution in [2.75, 3.05) is 12.8 Å². The SMILES string of the molecule is CSc1ccc(/C=C2/C(C)=C(CC(=O)NCCC(C)C)c3cc(F)ccc32)cc1. The molecule has 0 heterocycles. The van der Waals surface area contributed by atoms with Crippen LogP contribution >= 0.6 is 11.8 Å². The van der Waals surface area contributed by atoms with Crippen LogP contribution in [-0.2, 0) is 4.79 Å². The Hall–Kier alpha value is -2.33. The summed E-state index contributed by atoms with van der Waals surface area (Å²) in [5.74, 6) is 0.255. The highest BCUT2D eigenvalue weighted by Gasteiger charge is 2.25. The number of thioether (sulfide) groups is 1. The average Bonchev–Trinajstić information content (AvgIpc) is 2.93. The normalized spacial score (nSPS) is 14.6. The van der Waals surface area contributed by atoms with Crippen molar-refractivity contribution in [1.29, 1.82) is 0 Å². The van der Waals surface area contributed by atoms with E-state index in [1.807, 2.05) is 13.0 Å². The third-order valence-electron chi connectivity index (χ3n) is 5.26. The molecule has 0 atom stereocenters. The van der Waals surface area contributed by atoms with Crippen molar-refractivity contribution in [3.63, 3.8) is 0 Å². The third-order valence-corrected chi connectivity index (χ3v) is 6.01. The van der Waals surface area contributed by atoms with Gasteiger partial charge in [-0.1, -0.05) is 32.0 Å². The molecule has 0 spiro atoms. The molecule has 3 rings (SSSR count). The van der Waals surface area contributed by atoms with Crippen LogP contribution in [0.15, 0.2) is 52.9 Å². The molecule has 0 unspecified atom stereocenters. The number of benzene rings is 2. The van der Waals surface area contributed by atoms with Crippen molar-refractivity contribution in [2.24, 2.45) is 5.92 Å². The molecule has 0 fully saturated rings. The van der Waals surface area contributed by atoms with Gasteiger partial charge in [0.2, 0.25) is 5.91 Å². The van der Waals surface area contributed by atoms with Crippen LogP contribution in [0.1, 0.15) is 50.3 Å². The molecule has 0 aliphatic heterocycles.